The van der Waals surface area contributed by atoms with Crippen molar-refractivity contribution in [2.75, 3.05) is 6.61 Å². The lowest BCUT2D eigenvalue weighted by molar-refractivity contribution is -0.153. The van der Waals surface area contributed by atoms with Crippen LogP contribution in [-0.2, 0) is 9.59 Å². The molecular weight excluding hydrogens is 286 g/mol. The van der Waals surface area contributed by atoms with Gasteiger partial charge in [0, 0.05) is 0 Å². The number of rotatable bonds is 10. The highest BCUT2D eigenvalue weighted by molar-refractivity contribution is 5.86. The van der Waals surface area contributed by atoms with Gasteiger partial charge in [-0.15, -0.1) is 0 Å². The molecule has 0 aromatic rings. The molecule has 0 fully saturated rings. The van der Waals surface area contributed by atoms with Crippen LogP contribution in [0.4, 0.5) is 0 Å². The quantitative estimate of drug-likeness (QED) is 0.227. The van der Waals surface area contributed by atoms with Gasteiger partial charge in [0.05, 0.1) is 6.61 Å². The number of unbranched alkanes of at least 4 members (excludes halogenated alkanes) is 1. The third kappa shape index (κ3) is 6.36. The Morgan fingerprint density at radius 2 is 1.67 bits per heavy atom. The van der Waals surface area contributed by atoms with Crippen molar-refractivity contribution in [2.24, 2.45) is 0 Å². The Hall–Kier alpha value is -1.26. The van der Waals surface area contributed by atoms with E-state index in [-0.39, 0.29) is 6.42 Å². The Bertz CT molecular complexity index is 337. The molecule has 124 valence electrons. The summed E-state index contributed by atoms with van der Waals surface area (Å²) in [7, 11) is 0. The van der Waals surface area contributed by atoms with Crippen molar-refractivity contribution in [3.05, 3.63) is 0 Å². The first kappa shape index (κ1) is 19.7. The maximum absolute atomic E-state index is 11.6. The number of amides is 1. The van der Waals surface area contributed by atoms with E-state index in [1.54, 1.807) is 0 Å². The normalized spacial score (nSPS) is 18.4. The van der Waals surface area contributed by atoms with E-state index in [9.17, 15) is 24.9 Å². The van der Waals surface area contributed by atoms with Crippen LogP contribution in [0, 0.1) is 0 Å². The second-order valence-electron chi connectivity index (χ2n) is 4.72. The molecule has 0 aliphatic rings. The van der Waals surface area contributed by atoms with E-state index in [2.05, 4.69) is 0 Å². The summed E-state index contributed by atoms with van der Waals surface area (Å²) in [5.74, 6) is -2.47. The maximum atomic E-state index is 11.6. The molecule has 1 amide bonds. The molecule has 0 unspecified atom stereocenters. The average molecular weight is 309 g/mol. The lowest BCUT2D eigenvalue weighted by atomic mass is 10.0. The Balaban J connectivity index is 4.64. The number of aliphatic hydroxyl groups is 5. The average Bonchev–Trinajstić information content (AvgIpc) is 2.47. The number of carbonyl (C=O) groups excluding carboxylic acids is 1. The molecule has 0 spiro atoms. The summed E-state index contributed by atoms with van der Waals surface area (Å²) in [6, 6.07) is -1.22. The van der Waals surface area contributed by atoms with Crippen molar-refractivity contribution < 1.29 is 40.2 Å². The highest BCUT2D eigenvalue weighted by Crippen LogP contribution is 2.07. The minimum atomic E-state index is -2.13. The van der Waals surface area contributed by atoms with Crippen LogP contribution < -0.4 is 5.32 Å². The lowest BCUT2D eigenvalue weighted by Crippen LogP contribution is -2.54. The van der Waals surface area contributed by atoms with Gasteiger partial charge >= 0.3 is 5.97 Å². The summed E-state index contributed by atoms with van der Waals surface area (Å²) < 4.78 is 0. The van der Waals surface area contributed by atoms with Crippen molar-refractivity contribution in [1.82, 2.24) is 5.32 Å². The molecule has 0 saturated carbocycles. The molecule has 0 aromatic carbocycles. The summed E-state index contributed by atoms with van der Waals surface area (Å²) in [4.78, 5) is 22.6. The van der Waals surface area contributed by atoms with Gasteiger partial charge in [-0.3, -0.25) is 4.79 Å². The van der Waals surface area contributed by atoms with Gasteiger partial charge in [0.25, 0.3) is 5.91 Å². The van der Waals surface area contributed by atoms with Crippen LogP contribution in [-0.4, -0.2) is 79.6 Å². The van der Waals surface area contributed by atoms with Gasteiger partial charge in [-0.25, -0.2) is 4.79 Å². The fraction of sp³-hybridized carbons (Fsp3) is 0.833. The summed E-state index contributed by atoms with van der Waals surface area (Å²) in [5.41, 5.74) is 0. The monoisotopic (exact) mass is 309 g/mol. The molecule has 0 saturated heterocycles. The summed E-state index contributed by atoms with van der Waals surface area (Å²) in [6.07, 6.45) is -6.47. The van der Waals surface area contributed by atoms with E-state index >= 15 is 0 Å². The Kier molecular flexibility index (Phi) is 9.06. The molecular formula is C12H23NO8. The number of carboxylic acid groups (broad SMARTS) is 1. The minimum absolute atomic E-state index is 0.155. The first-order chi connectivity index (χ1) is 9.76. The SMILES string of the molecule is CCCC[C@H](NC(=O)[C@H](O)[C@H](O)[C@H](O)[C@@H](O)CO)C(=O)O. The molecule has 0 heterocycles. The molecule has 0 rings (SSSR count). The number of aliphatic carboxylic acids is 1. The topological polar surface area (TPSA) is 168 Å². The van der Waals surface area contributed by atoms with E-state index in [0.717, 1.165) is 0 Å². The van der Waals surface area contributed by atoms with Crippen molar-refractivity contribution in [3.8, 4) is 0 Å². The Morgan fingerprint density at radius 3 is 2.10 bits per heavy atom. The van der Waals surface area contributed by atoms with Gasteiger partial charge in [-0.05, 0) is 6.42 Å². The summed E-state index contributed by atoms with van der Waals surface area (Å²) >= 11 is 0. The largest absolute Gasteiger partial charge is 0.480 e. The third-order valence-corrected chi connectivity index (χ3v) is 2.98. The van der Waals surface area contributed by atoms with Crippen LogP contribution >= 0.6 is 0 Å². The predicted molar refractivity (Wildman–Crippen MR) is 70.2 cm³/mol. The lowest BCUT2D eigenvalue weighted by Gasteiger charge is -2.26. The molecule has 0 radical (unpaired) electrons. The van der Waals surface area contributed by atoms with Crippen molar-refractivity contribution in [1.29, 1.82) is 0 Å². The van der Waals surface area contributed by atoms with E-state index < -0.39 is 48.9 Å². The zero-order chi connectivity index (χ0) is 16.6. The van der Waals surface area contributed by atoms with Gasteiger partial charge in [0.2, 0.25) is 0 Å². The number of hydrogen-bond donors (Lipinski definition) is 7. The number of nitrogens with one attached hydrogen (secondary N) is 1. The summed E-state index contributed by atoms with van der Waals surface area (Å²) in [5, 5.41) is 57.1. The van der Waals surface area contributed by atoms with E-state index in [1.165, 1.54) is 0 Å². The summed E-state index contributed by atoms with van der Waals surface area (Å²) in [6.45, 7) is 0.965. The van der Waals surface area contributed by atoms with E-state index in [0.29, 0.717) is 12.8 Å². The third-order valence-electron chi connectivity index (χ3n) is 2.98. The van der Waals surface area contributed by atoms with Crippen LogP contribution in [0.5, 0.6) is 0 Å². The van der Waals surface area contributed by atoms with Gasteiger partial charge in [-0.2, -0.15) is 0 Å². The van der Waals surface area contributed by atoms with Crippen LogP contribution in [0.1, 0.15) is 26.2 Å². The van der Waals surface area contributed by atoms with Gasteiger partial charge < -0.3 is 36.0 Å². The second kappa shape index (κ2) is 9.64. The Morgan fingerprint density at radius 1 is 1.10 bits per heavy atom. The smallest absolute Gasteiger partial charge is 0.326 e. The molecule has 0 aromatic heterocycles. The first-order valence-electron chi connectivity index (χ1n) is 6.62. The number of carboxylic acids is 1. The maximum Gasteiger partial charge on any atom is 0.326 e. The number of aliphatic hydroxyl groups excluding tert-OH is 5. The van der Waals surface area contributed by atoms with E-state index in [1.807, 2.05) is 12.2 Å². The second-order valence-corrected chi connectivity index (χ2v) is 4.72. The minimum Gasteiger partial charge on any atom is -0.480 e. The standard InChI is InChI=1S/C12H23NO8/c1-2-3-4-6(12(20)21)13-11(19)10(18)9(17)8(16)7(15)5-14/h6-10,14-18H,2-5H2,1H3,(H,13,19)(H,20,21)/t6-,7-,8+,9+,10+/m0/s1. The first-order valence-corrected chi connectivity index (χ1v) is 6.62. The van der Waals surface area contributed by atoms with Crippen molar-refractivity contribution in [2.45, 2.75) is 56.6 Å². The highest BCUT2D eigenvalue weighted by Gasteiger charge is 2.35. The molecule has 9 nitrogen and oxygen atoms in total. The molecule has 0 bridgehead atoms. The zero-order valence-corrected chi connectivity index (χ0v) is 11.7. The zero-order valence-electron chi connectivity index (χ0n) is 11.7. The van der Waals surface area contributed by atoms with Crippen molar-refractivity contribution >= 4 is 11.9 Å². The van der Waals surface area contributed by atoms with Gasteiger partial charge in [0.15, 0.2) is 6.10 Å². The van der Waals surface area contributed by atoms with Crippen LogP contribution in [0.3, 0.4) is 0 Å². The fourth-order valence-corrected chi connectivity index (χ4v) is 1.60. The number of carbonyl (C=O) groups is 2. The molecule has 7 N–H and O–H groups in total. The molecule has 0 aliphatic carbocycles. The van der Waals surface area contributed by atoms with Crippen LogP contribution in [0.25, 0.3) is 0 Å². The Labute approximate surface area is 121 Å². The number of hydrogen-bond acceptors (Lipinski definition) is 7. The molecule has 0 aliphatic heterocycles. The van der Waals surface area contributed by atoms with Gasteiger partial charge in [-0.1, -0.05) is 19.8 Å². The predicted octanol–water partition coefficient (Wildman–Crippen LogP) is -2.82. The molecule has 5 atom stereocenters. The highest BCUT2D eigenvalue weighted by atomic mass is 16.4. The van der Waals surface area contributed by atoms with Gasteiger partial charge in [0.1, 0.15) is 24.4 Å². The van der Waals surface area contributed by atoms with Crippen LogP contribution in [0.15, 0.2) is 0 Å². The molecule has 9 heteroatoms. The van der Waals surface area contributed by atoms with E-state index in [4.69, 9.17) is 15.3 Å². The fourth-order valence-electron chi connectivity index (χ4n) is 1.60. The van der Waals surface area contributed by atoms with Crippen LogP contribution in [0.2, 0.25) is 0 Å². The van der Waals surface area contributed by atoms with Crippen molar-refractivity contribution in [3.63, 3.8) is 0 Å². The molecule has 21 heavy (non-hydrogen) atoms.